The number of aliphatic imine (C=N–C) groups is 1. The fourth-order valence-electron chi connectivity index (χ4n) is 6.88. The number of amides is 2. The number of carbonyl (C=O) groups excluding carboxylic acids is 2. The van der Waals surface area contributed by atoms with E-state index in [9.17, 15) is 9.59 Å². The second-order valence-corrected chi connectivity index (χ2v) is 13.2. The number of carbonyl (C=O) groups is 2. The fraction of sp³-hybridized carbons (Fsp3) is 0.244. The molecule has 1 aliphatic rings. The van der Waals surface area contributed by atoms with Gasteiger partial charge >= 0.3 is 0 Å². The molecule has 0 spiro atoms. The highest BCUT2D eigenvalue weighted by atomic mass is 35.5. The van der Waals surface area contributed by atoms with Gasteiger partial charge in [0.05, 0.1) is 18.9 Å². The first-order chi connectivity index (χ1) is 23.8. The van der Waals surface area contributed by atoms with Crippen molar-refractivity contribution in [2.24, 2.45) is 16.5 Å². The van der Waals surface area contributed by atoms with Crippen molar-refractivity contribution in [1.29, 1.82) is 0 Å². The number of piperazine rings is 1. The zero-order valence-electron chi connectivity index (χ0n) is 27.5. The summed E-state index contributed by atoms with van der Waals surface area (Å²) in [4.78, 5) is 36.8. The van der Waals surface area contributed by atoms with Gasteiger partial charge in [0.25, 0.3) is 0 Å². The van der Waals surface area contributed by atoms with Crippen LogP contribution in [0.5, 0.6) is 0 Å². The van der Waals surface area contributed by atoms with Crippen LogP contribution in [-0.4, -0.2) is 59.3 Å². The first-order valence-electron chi connectivity index (χ1n) is 16.8. The molecule has 0 aliphatic carbocycles. The van der Waals surface area contributed by atoms with Crippen LogP contribution in [0.4, 0.5) is 0 Å². The Kier molecular flexibility index (Phi) is 10.9. The normalized spacial score (nSPS) is 16.0. The van der Waals surface area contributed by atoms with Gasteiger partial charge in [-0.3, -0.25) is 14.6 Å². The monoisotopic (exact) mass is 671 g/mol. The number of hydrogen-bond acceptors (Lipinski definition) is 3. The highest BCUT2D eigenvalue weighted by molar-refractivity contribution is 6.30. The van der Waals surface area contributed by atoms with Gasteiger partial charge in [-0.15, -0.1) is 0 Å². The van der Waals surface area contributed by atoms with Crippen molar-refractivity contribution in [2.45, 2.75) is 44.2 Å². The van der Waals surface area contributed by atoms with Gasteiger partial charge in [0.15, 0.2) is 5.96 Å². The predicted molar refractivity (Wildman–Crippen MR) is 199 cm³/mol. The van der Waals surface area contributed by atoms with Crippen molar-refractivity contribution in [2.75, 3.05) is 19.6 Å². The molecule has 5 aromatic carbocycles. The highest BCUT2D eigenvalue weighted by Gasteiger charge is 2.38. The van der Waals surface area contributed by atoms with Crippen molar-refractivity contribution in [3.05, 3.63) is 143 Å². The lowest BCUT2D eigenvalue weighted by Crippen LogP contribution is -2.62. The summed E-state index contributed by atoms with van der Waals surface area (Å²) in [6, 6.07) is 39.9. The lowest BCUT2D eigenvalue weighted by Gasteiger charge is -2.47. The van der Waals surface area contributed by atoms with Crippen molar-refractivity contribution in [3.63, 3.8) is 0 Å². The van der Waals surface area contributed by atoms with E-state index in [1.807, 2.05) is 94.7 Å². The molecule has 6 rings (SSSR count). The van der Waals surface area contributed by atoms with Crippen LogP contribution in [0.1, 0.15) is 29.5 Å². The Labute approximate surface area is 293 Å². The number of fused-ring (bicyclic) bond motifs is 1. The van der Waals surface area contributed by atoms with E-state index in [0.29, 0.717) is 50.3 Å². The third kappa shape index (κ3) is 8.67. The first kappa shape index (κ1) is 33.7. The zero-order chi connectivity index (χ0) is 34.2. The molecular weight excluding hydrogens is 630 g/mol. The summed E-state index contributed by atoms with van der Waals surface area (Å²) in [5.41, 5.74) is 16.3. The molecule has 1 heterocycles. The third-order valence-electron chi connectivity index (χ3n) is 9.32. The summed E-state index contributed by atoms with van der Waals surface area (Å²) in [5.74, 6) is 0.143. The molecule has 8 heteroatoms. The summed E-state index contributed by atoms with van der Waals surface area (Å²) >= 11 is 6.17. The number of guanidine groups is 1. The fourth-order valence-corrected chi connectivity index (χ4v) is 7.00. The van der Waals surface area contributed by atoms with E-state index in [1.165, 1.54) is 0 Å². The molecule has 2 amide bonds. The van der Waals surface area contributed by atoms with Gasteiger partial charge in [0, 0.05) is 30.7 Å². The first-order valence-corrected chi connectivity index (χ1v) is 17.2. The van der Waals surface area contributed by atoms with E-state index in [0.717, 1.165) is 38.6 Å². The second-order valence-electron chi connectivity index (χ2n) is 12.7. The molecule has 250 valence electrons. The topological polar surface area (TPSA) is 105 Å². The Morgan fingerprint density at radius 1 is 0.694 bits per heavy atom. The minimum Gasteiger partial charge on any atom is -0.370 e. The van der Waals surface area contributed by atoms with Gasteiger partial charge in [-0.05, 0) is 70.0 Å². The summed E-state index contributed by atoms with van der Waals surface area (Å²) < 4.78 is 0. The van der Waals surface area contributed by atoms with Gasteiger partial charge < -0.3 is 21.3 Å². The van der Waals surface area contributed by atoms with Crippen LogP contribution >= 0.6 is 11.6 Å². The SMILES string of the molecule is NC(N)=NCCC[C@H]1CN(C(=O)Cc2ccc3ccccc3c2)[C@H](Cc2ccccc2)CN1C(=O)Cc1ccccc1-c1ccc(Cl)cc1. The predicted octanol–water partition coefficient (Wildman–Crippen LogP) is 6.65. The van der Waals surface area contributed by atoms with Crippen LogP contribution in [0, 0.1) is 0 Å². The smallest absolute Gasteiger partial charge is 0.227 e. The number of benzene rings is 5. The maximum atomic E-state index is 14.4. The van der Waals surface area contributed by atoms with Crippen molar-refractivity contribution < 1.29 is 9.59 Å². The average Bonchev–Trinajstić information content (AvgIpc) is 3.11. The maximum Gasteiger partial charge on any atom is 0.227 e. The number of nitrogens with zero attached hydrogens (tertiary/aromatic N) is 3. The Bertz CT molecular complexity index is 1920. The van der Waals surface area contributed by atoms with E-state index in [-0.39, 0.29) is 36.3 Å². The molecule has 0 unspecified atom stereocenters. The molecule has 4 N–H and O–H groups in total. The number of hydrogen-bond donors (Lipinski definition) is 2. The Balaban J connectivity index is 1.28. The molecular formula is C41H42ClN5O2. The van der Waals surface area contributed by atoms with E-state index >= 15 is 0 Å². The second kappa shape index (κ2) is 15.8. The molecule has 0 bridgehead atoms. The molecule has 7 nitrogen and oxygen atoms in total. The summed E-state index contributed by atoms with van der Waals surface area (Å²) in [6.45, 7) is 1.34. The molecule has 2 atom stereocenters. The van der Waals surface area contributed by atoms with E-state index in [4.69, 9.17) is 23.1 Å². The average molecular weight is 672 g/mol. The number of halogens is 1. The largest absolute Gasteiger partial charge is 0.370 e. The maximum absolute atomic E-state index is 14.4. The van der Waals surface area contributed by atoms with Crippen LogP contribution in [0.3, 0.4) is 0 Å². The summed E-state index contributed by atoms with van der Waals surface area (Å²) in [7, 11) is 0. The molecule has 0 radical (unpaired) electrons. The quantitative estimate of drug-likeness (QED) is 0.0932. The number of nitrogens with two attached hydrogens (primary N) is 2. The van der Waals surface area contributed by atoms with Crippen LogP contribution in [0.2, 0.25) is 5.02 Å². The van der Waals surface area contributed by atoms with Crippen molar-refractivity contribution >= 4 is 40.1 Å². The van der Waals surface area contributed by atoms with Crippen molar-refractivity contribution in [1.82, 2.24) is 9.80 Å². The van der Waals surface area contributed by atoms with E-state index in [1.54, 1.807) is 0 Å². The molecule has 0 aromatic heterocycles. The molecule has 0 saturated carbocycles. The minimum atomic E-state index is -0.183. The molecule has 1 fully saturated rings. The van der Waals surface area contributed by atoms with Gasteiger partial charge in [-0.1, -0.05) is 121 Å². The van der Waals surface area contributed by atoms with Crippen molar-refractivity contribution in [3.8, 4) is 11.1 Å². The van der Waals surface area contributed by atoms with E-state index < -0.39 is 0 Å². The Hall–Kier alpha value is -5.14. The molecule has 5 aromatic rings. The Morgan fingerprint density at radius 2 is 1.35 bits per heavy atom. The van der Waals surface area contributed by atoms with E-state index in [2.05, 4.69) is 41.4 Å². The zero-order valence-corrected chi connectivity index (χ0v) is 28.3. The van der Waals surface area contributed by atoms with Crippen LogP contribution in [0.15, 0.2) is 126 Å². The summed E-state index contributed by atoms with van der Waals surface area (Å²) in [6.07, 6.45) is 2.53. The van der Waals surface area contributed by atoms with Crippen LogP contribution in [0.25, 0.3) is 21.9 Å². The van der Waals surface area contributed by atoms with Gasteiger partial charge in [0.2, 0.25) is 11.8 Å². The van der Waals surface area contributed by atoms with Gasteiger partial charge in [-0.25, -0.2) is 0 Å². The molecule has 1 aliphatic heterocycles. The number of rotatable bonds is 11. The highest BCUT2D eigenvalue weighted by Crippen LogP contribution is 2.29. The van der Waals surface area contributed by atoms with Gasteiger partial charge in [0.1, 0.15) is 0 Å². The lowest BCUT2D eigenvalue weighted by atomic mass is 9.94. The molecule has 49 heavy (non-hydrogen) atoms. The minimum absolute atomic E-state index is 0.0351. The third-order valence-corrected chi connectivity index (χ3v) is 9.58. The van der Waals surface area contributed by atoms with Crippen LogP contribution in [-0.2, 0) is 28.9 Å². The molecule has 1 saturated heterocycles. The Morgan fingerprint density at radius 3 is 2.12 bits per heavy atom. The lowest BCUT2D eigenvalue weighted by molar-refractivity contribution is -0.146. The standard InChI is InChI=1S/C41H42ClN5O2/c42-35-20-18-32(19-21-35)38-15-7-6-13-34(38)26-40(49)46-28-37(24-29-9-2-1-3-10-29)47(27-36(46)14-8-22-45-41(43)44)39(48)25-30-16-17-31-11-4-5-12-33(31)23-30/h1-7,9-13,15-21,23,36-37H,8,14,22,24-28H2,(H4,43,44,45)/t36-,37+/m0/s1. The van der Waals surface area contributed by atoms with Gasteiger partial charge in [-0.2, -0.15) is 0 Å². The van der Waals surface area contributed by atoms with Crippen LogP contribution < -0.4 is 11.5 Å². The summed E-state index contributed by atoms with van der Waals surface area (Å²) in [5, 5.41) is 2.92.